The highest BCUT2D eigenvalue weighted by Crippen LogP contribution is 2.37. The molecule has 0 aliphatic carbocycles. The summed E-state index contributed by atoms with van der Waals surface area (Å²) in [7, 11) is -1.74. The smallest absolute Gasteiger partial charge is 0.210 e. The Morgan fingerprint density at radius 1 is 1.17 bits per heavy atom. The van der Waals surface area contributed by atoms with E-state index in [1.54, 1.807) is 0 Å². The molecule has 1 aromatic rings. The average molecular weight is 365 g/mol. The fourth-order valence-electron chi connectivity index (χ4n) is 2.92. The van der Waals surface area contributed by atoms with Crippen LogP contribution in [-0.4, -0.2) is 37.3 Å². The predicted octanol–water partition coefficient (Wildman–Crippen LogP) is 5.71. The van der Waals surface area contributed by atoms with Crippen LogP contribution in [0.25, 0.3) is 0 Å². The van der Waals surface area contributed by atoms with Crippen LogP contribution < -0.4 is 0 Å². The summed E-state index contributed by atoms with van der Waals surface area (Å²) in [6, 6.07) is 11.3. The first-order chi connectivity index (χ1) is 11.3. The Bertz CT molecular complexity index is 563. The molecule has 2 nitrogen and oxygen atoms in total. The minimum Gasteiger partial charge on any atom is -0.410 e. The summed E-state index contributed by atoms with van der Waals surface area (Å²) in [5.41, 5.74) is 1.38. The van der Waals surface area contributed by atoms with Gasteiger partial charge in [-0.2, -0.15) is 0 Å². The Morgan fingerprint density at radius 2 is 1.83 bits per heavy atom. The molecule has 2 rings (SSSR count). The third-order valence-corrected chi connectivity index (χ3v) is 11.0. The molecule has 0 saturated heterocycles. The van der Waals surface area contributed by atoms with Gasteiger partial charge in [0.25, 0.3) is 0 Å². The molecule has 134 valence electrons. The summed E-state index contributed by atoms with van der Waals surface area (Å²) >= 11 is 1.91. The van der Waals surface area contributed by atoms with E-state index in [2.05, 4.69) is 75.0 Å². The zero-order valence-corrected chi connectivity index (χ0v) is 18.1. The predicted molar refractivity (Wildman–Crippen MR) is 110 cm³/mol. The van der Waals surface area contributed by atoms with Crippen molar-refractivity contribution in [3.63, 3.8) is 0 Å². The van der Waals surface area contributed by atoms with Gasteiger partial charge in [0, 0.05) is 18.4 Å². The third-order valence-electron chi connectivity index (χ3n) is 5.56. The van der Waals surface area contributed by atoms with Gasteiger partial charge < -0.3 is 4.43 Å². The van der Waals surface area contributed by atoms with Crippen molar-refractivity contribution >= 4 is 25.1 Å². The van der Waals surface area contributed by atoms with Gasteiger partial charge in [-0.3, -0.25) is 0 Å². The van der Waals surface area contributed by atoms with E-state index in [1.807, 2.05) is 11.8 Å². The van der Waals surface area contributed by atoms with Crippen molar-refractivity contribution in [2.45, 2.75) is 64.2 Å². The van der Waals surface area contributed by atoms with Gasteiger partial charge in [-0.25, -0.2) is 4.58 Å². The highest BCUT2D eigenvalue weighted by atomic mass is 32.2. The maximum atomic E-state index is 6.63. The SMILES string of the molecule is CSC1=[N+]([C@H](CO[Si](C)(C)C(C)(C)C)c2ccccc2)CCCC1. The fourth-order valence-corrected chi connectivity index (χ4v) is 4.73. The molecule has 24 heavy (non-hydrogen) atoms. The van der Waals surface area contributed by atoms with Crippen LogP contribution in [0.5, 0.6) is 0 Å². The van der Waals surface area contributed by atoms with Crippen LogP contribution in [0.4, 0.5) is 0 Å². The molecule has 0 bridgehead atoms. The molecule has 1 heterocycles. The fraction of sp³-hybridized carbons (Fsp3) is 0.650. The summed E-state index contributed by atoms with van der Waals surface area (Å²) in [6.07, 6.45) is 6.03. The number of nitrogens with zero attached hydrogens (tertiary/aromatic N) is 1. The van der Waals surface area contributed by atoms with Crippen molar-refractivity contribution in [2.24, 2.45) is 0 Å². The normalized spacial score (nSPS) is 17.9. The minimum absolute atomic E-state index is 0.252. The van der Waals surface area contributed by atoms with Crippen LogP contribution in [0, 0.1) is 0 Å². The van der Waals surface area contributed by atoms with Crippen LogP contribution in [-0.2, 0) is 4.43 Å². The first-order valence-electron chi connectivity index (χ1n) is 9.11. The highest BCUT2D eigenvalue weighted by molar-refractivity contribution is 8.13. The Morgan fingerprint density at radius 3 is 2.42 bits per heavy atom. The molecule has 1 aliphatic rings. The second kappa shape index (κ2) is 8.20. The second-order valence-corrected chi connectivity index (χ2v) is 13.9. The molecule has 0 unspecified atom stereocenters. The molecule has 0 radical (unpaired) electrons. The quantitative estimate of drug-likeness (QED) is 0.490. The molecule has 1 aliphatic heterocycles. The zero-order valence-electron chi connectivity index (χ0n) is 16.3. The molecule has 0 saturated carbocycles. The Balaban J connectivity index is 2.30. The van der Waals surface area contributed by atoms with Crippen LogP contribution in [0.2, 0.25) is 18.1 Å². The van der Waals surface area contributed by atoms with Gasteiger partial charge >= 0.3 is 0 Å². The monoisotopic (exact) mass is 364 g/mol. The highest BCUT2D eigenvalue weighted by Gasteiger charge is 2.39. The minimum atomic E-state index is -1.74. The maximum absolute atomic E-state index is 6.63. The van der Waals surface area contributed by atoms with Gasteiger partial charge in [0.15, 0.2) is 8.32 Å². The summed E-state index contributed by atoms with van der Waals surface area (Å²) in [4.78, 5) is 0. The Labute approximate surface area is 153 Å². The lowest BCUT2D eigenvalue weighted by Crippen LogP contribution is -2.43. The molecular weight excluding hydrogens is 330 g/mol. The molecule has 0 amide bonds. The van der Waals surface area contributed by atoms with Gasteiger partial charge in [0.1, 0.15) is 13.2 Å². The summed E-state index contributed by atoms with van der Waals surface area (Å²) in [5, 5.41) is 1.77. The molecule has 4 heteroatoms. The average Bonchev–Trinajstić information content (AvgIpc) is 2.55. The molecule has 0 spiro atoms. The number of rotatable bonds is 5. The standard InChI is InChI=1S/C20H34NOSSi/c1-20(2,3)24(5,6)22-16-18(17-12-8-7-9-13-17)21-15-11-10-14-19(21)23-4/h7-9,12-13,18H,10-11,14-16H2,1-6H3/q+1/t18-/m1/s1. The topological polar surface area (TPSA) is 12.2 Å². The van der Waals surface area contributed by atoms with E-state index in [0.29, 0.717) is 6.04 Å². The first-order valence-corrected chi connectivity index (χ1v) is 13.2. The van der Waals surface area contributed by atoms with E-state index in [-0.39, 0.29) is 5.04 Å². The van der Waals surface area contributed by atoms with Crippen molar-refractivity contribution in [1.82, 2.24) is 0 Å². The summed E-state index contributed by atoms with van der Waals surface area (Å²) in [5.74, 6) is 0. The van der Waals surface area contributed by atoms with Crippen molar-refractivity contribution in [3.05, 3.63) is 35.9 Å². The summed E-state index contributed by atoms with van der Waals surface area (Å²) in [6.45, 7) is 13.6. The maximum Gasteiger partial charge on any atom is 0.210 e. The third kappa shape index (κ3) is 4.74. The van der Waals surface area contributed by atoms with Gasteiger partial charge in [-0.1, -0.05) is 62.9 Å². The summed E-state index contributed by atoms with van der Waals surface area (Å²) < 4.78 is 9.24. The van der Waals surface area contributed by atoms with Gasteiger partial charge in [-0.05, 0) is 30.8 Å². The number of benzene rings is 1. The van der Waals surface area contributed by atoms with Crippen LogP contribution >= 0.6 is 11.8 Å². The van der Waals surface area contributed by atoms with Crippen molar-refractivity contribution in [3.8, 4) is 0 Å². The number of thioether (sulfide) groups is 1. The molecular formula is C20H34NOSSi+. The largest absolute Gasteiger partial charge is 0.410 e. The van der Waals surface area contributed by atoms with Gasteiger partial charge in [0.05, 0.1) is 0 Å². The Hall–Kier alpha value is -0.583. The van der Waals surface area contributed by atoms with Gasteiger partial charge in [-0.15, -0.1) is 0 Å². The molecule has 0 N–H and O–H groups in total. The van der Waals surface area contributed by atoms with E-state index in [1.165, 1.54) is 29.9 Å². The number of hydrogen-bond acceptors (Lipinski definition) is 2. The molecule has 0 aromatic heterocycles. The molecule has 1 atom stereocenters. The lowest BCUT2D eigenvalue weighted by molar-refractivity contribution is -0.577. The molecule has 1 aromatic carbocycles. The molecule has 0 fully saturated rings. The number of hydrogen-bond donors (Lipinski definition) is 0. The van der Waals surface area contributed by atoms with E-state index >= 15 is 0 Å². The lowest BCUT2D eigenvalue weighted by Gasteiger charge is -2.37. The van der Waals surface area contributed by atoms with Crippen LogP contribution in [0.15, 0.2) is 30.3 Å². The zero-order chi connectivity index (χ0) is 17.8. The van der Waals surface area contributed by atoms with Gasteiger partial charge in [0.2, 0.25) is 11.1 Å². The first kappa shape index (κ1) is 19.7. The van der Waals surface area contributed by atoms with E-state index in [4.69, 9.17) is 4.43 Å². The van der Waals surface area contributed by atoms with E-state index < -0.39 is 8.32 Å². The van der Waals surface area contributed by atoms with E-state index in [0.717, 1.165) is 13.2 Å². The van der Waals surface area contributed by atoms with Crippen molar-refractivity contribution in [2.75, 3.05) is 19.4 Å². The second-order valence-electron chi connectivity index (χ2n) is 8.25. The Kier molecular flexibility index (Phi) is 6.74. The lowest BCUT2D eigenvalue weighted by atomic mass is 10.1. The van der Waals surface area contributed by atoms with E-state index in [9.17, 15) is 0 Å². The van der Waals surface area contributed by atoms with Crippen molar-refractivity contribution in [1.29, 1.82) is 0 Å². The van der Waals surface area contributed by atoms with Crippen LogP contribution in [0.1, 0.15) is 51.6 Å². The van der Waals surface area contributed by atoms with Crippen LogP contribution in [0.3, 0.4) is 0 Å². The van der Waals surface area contributed by atoms with Crippen molar-refractivity contribution < 1.29 is 9.00 Å².